The Labute approximate surface area is 156 Å². The van der Waals surface area contributed by atoms with Gasteiger partial charge in [0, 0.05) is 0 Å². The SMILES string of the molecule is COc1ccc(C=C2C(=O)N(c3cccc(C(=O)O)c3)N=C2C)cc1OC. The monoisotopic (exact) mass is 366 g/mol. The third-order valence-electron chi connectivity index (χ3n) is 4.12. The van der Waals surface area contributed by atoms with Crippen molar-refractivity contribution in [3.8, 4) is 11.5 Å². The zero-order valence-corrected chi connectivity index (χ0v) is 15.1. The van der Waals surface area contributed by atoms with E-state index in [1.54, 1.807) is 51.5 Å². The van der Waals surface area contributed by atoms with Gasteiger partial charge in [-0.05, 0) is 48.9 Å². The molecule has 27 heavy (non-hydrogen) atoms. The van der Waals surface area contributed by atoms with Gasteiger partial charge in [0.05, 0.1) is 36.8 Å². The van der Waals surface area contributed by atoms with Crippen molar-refractivity contribution in [2.45, 2.75) is 6.92 Å². The maximum absolute atomic E-state index is 12.8. The molecule has 1 amide bonds. The predicted molar refractivity (Wildman–Crippen MR) is 102 cm³/mol. The van der Waals surface area contributed by atoms with Crippen molar-refractivity contribution in [1.29, 1.82) is 0 Å². The molecule has 1 aliphatic rings. The summed E-state index contributed by atoms with van der Waals surface area (Å²) in [5, 5.41) is 14.6. The Hall–Kier alpha value is -3.61. The van der Waals surface area contributed by atoms with Crippen molar-refractivity contribution >= 4 is 29.4 Å². The summed E-state index contributed by atoms with van der Waals surface area (Å²) in [4.78, 5) is 24.0. The lowest BCUT2D eigenvalue weighted by Gasteiger charge is -2.12. The number of hydrogen-bond donors (Lipinski definition) is 1. The van der Waals surface area contributed by atoms with Gasteiger partial charge in [0.2, 0.25) is 0 Å². The van der Waals surface area contributed by atoms with Crippen molar-refractivity contribution in [2.75, 3.05) is 19.2 Å². The molecule has 7 heteroatoms. The van der Waals surface area contributed by atoms with Crippen LogP contribution in [-0.2, 0) is 4.79 Å². The zero-order chi connectivity index (χ0) is 19.6. The van der Waals surface area contributed by atoms with Crippen LogP contribution in [0.2, 0.25) is 0 Å². The van der Waals surface area contributed by atoms with Crippen molar-refractivity contribution in [3.05, 3.63) is 59.2 Å². The smallest absolute Gasteiger partial charge is 0.335 e. The van der Waals surface area contributed by atoms with Gasteiger partial charge in [-0.2, -0.15) is 10.1 Å². The number of carboxylic acids is 1. The highest BCUT2D eigenvalue weighted by Gasteiger charge is 2.29. The second-order valence-electron chi connectivity index (χ2n) is 5.83. The number of carbonyl (C=O) groups excluding carboxylic acids is 1. The number of carboxylic acid groups (broad SMARTS) is 1. The first-order valence-electron chi connectivity index (χ1n) is 8.11. The highest BCUT2D eigenvalue weighted by atomic mass is 16.5. The number of rotatable bonds is 5. The Morgan fingerprint density at radius 2 is 1.85 bits per heavy atom. The van der Waals surface area contributed by atoms with E-state index in [9.17, 15) is 9.59 Å². The Morgan fingerprint density at radius 3 is 2.52 bits per heavy atom. The van der Waals surface area contributed by atoms with E-state index in [2.05, 4.69) is 5.10 Å². The van der Waals surface area contributed by atoms with Crippen LogP contribution in [-0.4, -0.2) is 36.9 Å². The predicted octanol–water partition coefficient (Wildman–Crippen LogP) is 3.21. The molecular formula is C20H18N2O5. The van der Waals surface area contributed by atoms with E-state index in [0.29, 0.717) is 28.5 Å². The number of carbonyl (C=O) groups is 2. The normalized spacial score (nSPS) is 15.1. The molecule has 0 fully saturated rings. The van der Waals surface area contributed by atoms with E-state index in [-0.39, 0.29) is 11.5 Å². The number of anilines is 1. The molecule has 0 spiro atoms. The maximum Gasteiger partial charge on any atom is 0.335 e. The van der Waals surface area contributed by atoms with Crippen molar-refractivity contribution in [1.82, 2.24) is 0 Å². The first kappa shape index (κ1) is 18.2. The Bertz CT molecular complexity index is 978. The fraction of sp³-hybridized carbons (Fsp3) is 0.150. The number of amides is 1. The van der Waals surface area contributed by atoms with E-state index < -0.39 is 5.97 Å². The Kier molecular flexibility index (Phi) is 4.94. The molecule has 138 valence electrons. The number of methoxy groups -OCH3 is 2. The third-order valence-corrected chi connectivity index (χ3v) is 4.12. The van der Waals surface area contributed by atoms with Crippen LogP contribution in [0, 0.1) is 0 Å². The average molecular weight is 366 g/mol. The summed E-state index contributed by atoms with van der Waals surface area (Å²) in [6.07, 6.45) is 1.71. The molecule has 2 aromatic rings. The van der Waals surface area contributed by atoms with Crippen LogP contribution in [0.1, 0.15) is 22.8 Å². The molecule has 0 radical (unpaired) electrons. The van der Waals surface area contributed by atoms with Crippen LogP contribution in [0.25, 0.3) is 6.08 Å². The first-order chi connectivity index (χ1) is 12.9. The second-order valence-corrected chi connectivity index (χ2v) is 5.83. The largest absolute Gasteiger partial charge is 0.493 e. The van der Waals surface area contributed by atoms with Gasteiger partial charge in [-0.1, -0.05) is 12.1 Å². The summed E-state index contributed by atoms with van der Waals surface area (Å²) in [6.45, 7) is 1.73. The van der Waals surface area contributed by atoms with E-state index >= 15 is 0 Å². The number of aromatic carboxylic acids is 1. The number of hydrogen-bond acceptors (Lipinski definition) is 5. The minimum atomic E-state index is -1.06. The van der Waals surface area contributed by atoms with Crippen molar-refractivity contribution < 1.29 is 24.2 Å². The van der Waals surface area contributed by atoms with Crippen LogP contribution in [0.5, 0.6) is 11.5 Å². The first-order valence-corrected chi connectivity index (χ1v) is 8.11. The van der Waals surface area contributed by atoms with Gasteiger partial charge in [0.15, 0.2) is 11.5 Å². The summed E-state index contributed by atoms with van der Waals surface area (Å²) < 4.78 is 10.5. The van der Waals surface area contributed by atoms with Gasteiger partial charge in [0.25, 0.3) is 5.91 Å². The fourth-order valence-corrected chi connectivity index (χ4v) is 2.74. The molecule has 0 saturated carbocycles. The van der Waals surface area contributed by atoms with Crippen LogP contribution in [0.3, 0.4) is 0 Å². The molecule has 1 aliphatic heterocycles. The van der Waals surface area contributed by atoms with Crippen LogP contribution in [0.4, 0.5) is 5.69 Å². The summed E-state index contributed by atoms with van der Waals surface area (Å²) in [6, 6.07) is 11.4. The number of ether oxygens (including phenoxy) is 2. The van der Waals surface area contributed by atoms with E-state index in [0.717, 1.165) is 5.56 Å². The summed E-state index contributed by atoms with van der Waals surface area (Å²) >= 11 is 0. The molecule has 7 nitrogen and oxygen atoms in total. The minimum absolute atomic E-state index is 0.0884. The minimum Gasteiger partial charge on any atom is -0.493 e. The summed E-state index contributed by atoms with van der Waals surface area (Å²) in [5.41, 5.74) is 2.20. The van der Waals surface area contributed by atoms with E-state index in [1.807, 2.05) is 6.07 Å². The van der Waals surface area contributed by atoms with Gasteiger partial charge in [-0.15, -0.1) is 0 Å². The lowest BCUT2D eigenvalue weighted by molar-refractivity contribution is -0.114. The molecule has 1 N–H and O–H groups in total. The van der Waals surface area contributed by atoms with Gasteiger partial charge in [-0.25, -0.2) is 4.79 Å². The Balaban J connectivity index is 1.95. The topological polar surface area (TPSA) is 88.4 Å². The number of nitrogens with zero attached hydrogens (tertiary/aromatic N) is 2. The summed E-state index contributed by atoms with van der Waals surface area (Å²) in [7, 11) is 3.09. The second kappa shape index (κ2) is 7.33. The lowest BCUT2D eigenvalue weighted by atomic mass is 10.1. The quantitative estimate of drug-likeness (QED) is 0.821. The zero-order valence-electron chi connectivity index (χ0n) is 15.1. The molecule has 3 rings (SSSR count). The molecule has 0 aromatic heterocycles. The van der Waals surface area contributed by atoms with Gasteiger partial charge in [-0.3, -0.25) is 4.79 Å². The van der Waals surface area contributed by atoms with Crippen LogP contribution in [0.15, 0.2) is 53.1 Å². The summed E-state index contributed by atoms with van der Waals surface area (Å²) in [5.74, 6) is -0.247. The molecule has 0 bridgehead atoms. The lowest BCUT2D eigenvalue weighted by Crippen LogP contribution is -2.21. The fourth-order valence-electron chi connectivity index (χ4n) is 2.74. The molecule has 0 saturated heterocycles. The molecule has 0 unspecified atom stereocenters. The van der Waals surface area contributed by atoms with Crippen molar-refractivity contribution in [2.24, 2.45) is 5.10 Å². The Morgan fingerprint density at radius 1 is 1.11 bits per heavy atom. The van der Waals surface area contributed by atoms with Gasteiger partial charge >= 0.3 is 5.97 Å². The van der Waals surface area contributed by atoms with Crippen LogP contribution < -0.4 is 14.5 Å². The molecular weight excluding hydrogens is 348 g/mol. The highest BCUT2D eigenvalue weighted by Crippen LogP contribution is 2.30. The van der Waals surface area contributed by atoms with E-state index in [1.165, 1.54) is 17.1 Å². The number of hydrazone groups is 1. The molecule has 0 aliphatic carbocycles. The van der Waals surface area contributed by atoms with Crippen molar-refractivity contribution in [3.63, 3.8) is 0 Å². The van der Waals surface area contributed by atoms with Crippen LogP contribution >= 0.6 is 0 Å². The van der Waals surface area contributed by atoms with Gasteiger partial charge in [0.1, 0.15) is 0 Å². The molecule has 1 heterocycles. The molecule has 0 atom stereocenters. The molecule has 2 aromatic carbocycles. The third kappa shape index (κ3) is 3.52. The van der Waals surface area contributed by atoms with E-state index in [4.69, 9.17) is 14.6 Å². The number of benzene rings is 2. The maximum atomic E-state index is 12.8. The average Bonchev–Trinajstić information content (AvgIpc) is 2.96. The standard InChI is InChI=1S/C20H18N2O5/c1-12-16(9-13-7-8-17(26-2)18(10-13)27-3)19(23)22(21-12)15-6-4-5-14(11-15)20(24)25/h4-11H,1-3H3,(H,24,25). The highest BCUT2D eigenvalue weighted by molar-refractivity contribution is 6.32. The van der Waals surface area contributed by atoms with Gasteiger partial charge < -0.3 is 14.6 Å².